The van der Waals surface area contributed by atoms with Crippen molar-refractivity contribution in [2.75, 3.05) is 32.6 Å². The fraction of sp³-hybridized carbons (Fsp3) is 0.500. The second kappa shape index (κ2) is 9.76. The number of benzene rings is 1. The Balaban J connectivity index is 2.10. The van der Waals surface area contributed by atoms with Crippen molar-refractivity contribution < 1.29 is 31.8 Å². The highest BCUT2D eigenvalue weighted by molar-refractivity contribution is 7.90. The summed E-state index contributed by atoms with van der Waals surface area (Å²) in [4.78, 5) is 11.7. The molecule has 0 saturated heterocycles. The highest BCUT2D eigenvalue weighted by Gasteiger charge is 2.19. The van der Waals surface area contributed by atoms with Crippen LogP contribution in [0.15, 0.2) is 27.8 Å². The van der Waals surface area contributed by atoms with E-state index in [9.17, 15) is 13.2 Å². The molecule has 166 valence electrons. The standard InChI is InChI=1S/C18H26N4O7S/c1-18(2,3)29-16(23)20-6-8-27-14-10-12(9-13(11-14)26-7-5-19)15-21-22-17(28-15)30(4,24)25/h9-11H,5-8,19H2,1-4H3,(H,20,23). The van der Waals surface area contributed by atoms with Crippen molar-refractivity contribution in [1.29, 1.82) is 0 Å². The van der Waals surface area contributed by atoms with Gasteiger partial charge in [-0.15, -0.1) is 5.10 Å². The molecule has 11 nitrogen and oxygen atoms in total. The lowest BCUT2D eigenvalue weighted by Gasteiger charge is -2.19. The third-order valence-corrected chi connectivity index (χ3v) is 4.08. The highest BCUT2D eigenvalue weighted by atomic mass is 32.2. The molecule has 0 saturated carbocycles. The van der Waals surface area contributed by atoms with E-state index in [0.29, 0.717) is 23.6 Å². The second-order valence-electron chi connectivity index (χ2n) is 7.25. The number of carbonyl (C=O) groups excluding carboxylic acids is 1. The van der Waals surface area contributed by atoms with E-state index in [2.05, 4.69) is 15.5 Å². The first-order valence-electron chi connectivity index (χ1n) is 9.09. The van der Waals surface area contributed by atoms with Crippen LogP contribution in [0.25, 0.3) is 11.5 Å². The molecule has 1 aromatic heterocycles. The minimum atomic E-state index is -3.63. The molecule has 0 aliphatic heterocycles. The van der Waals surface area contributed by atoms with E-state index in [-0.39, 0.29) is 25.6 Å². The van der Waals surface area contributed by atoms with Gasteiger partial charge in [-0.25, -0.2) is 13.2 Å². The summed E-state index contributed by atoms with van der Waals surface area (Å²) in [6.07, 6.45) is 0.420. The van der Waals surface area contributed by atoms with E-state index < -0.39 is 26.8 Å². The SMILES string of the molecule is CC(C)(C)OC(=O)NCCOc1cc(OCCN)cc(-c2nnc(S(C)(=O)=O)o2)c1. The summed E-state index contributed by atoms with van der Waals surface area (Å²) in [5.74, 6) is 0.808. The number of sulfone groups is 1. The molecule has 0 bridgehead atoms. The van der Waals surface area contributed by atoms with Gasteiger partial charge in [-0.3, -0.25) is 0 Å². The van der Waals surface area contributed by atoms with E-state index in [1.54, 1.807) is 39.0 Å². The minimum absolute atomic E-state index is 0.00893. The Bertz CT molecular complexity index is 967. The van der Waals surface area contributed by atoms with Crippen LogP contribution in [0, 0.1) is 0 Å². The zero-order valence-electron chi connectivity index (χ0n) is 17.3. The molecular formula is C18H26N4O7S. The van der Waals surface area contributed by atoms with Gasteiger partial charge in [0.15, 0.2) is 0 Å². The number of aromatic nitrogens is 2. The van der Waals surface area contributed by atoms with Gasteiger partial charge in [-0.05, 0) is 32.9 Å². The third kappa shape index (κ3) is 7.52. The molecule has 0 aliphatic carbocycles. The zero-order valence-corrected chi connectivity index (χ0v) is 18.1. The van der Waals surface area contributed by atoms with Gasteiger partial charge in [0.1, 0.15) is 30.3 Å². The normalized spacial score (nSPS) is 11.8. The first kappa shape index (κ1) is 23.4. The molecule has 2 aromatic rings. The molecule has 1 heterocycles. The van der Waals surface area contributed by atoms with Crippen molar-refractivity contribution >= 4 is 15.9 Å². The molecule has 30 heavy (non-hydrogen) atoms. The zero-order chi connectivity index (χ0) is 22.4. The van der Waals surface area contributed by atoms with Crippen molar-refractivity contribution in [1.82, 2.24) is 15.5 Å². The Morgan fingerprint density at radius 1 is 1.13 bits per heavy atom. The Kier molecular flexibility index (Phi) is 7.62. The van der Waals surface area contributed by atoms with Crippen LogP contribution in [0.5, 0.6) is 11.5 Å². The van der Waals surface area contributed by atoms with Crippen LogP contribution in [-0.4, -0.2) is 62.9 Å². The maximum Gasteiger partial charge on any atom is 0.407 e. The lowest BCUT2D eigenvalue weighted by atomic mass is 10.2. The lowest BCUT2D eigenvalue weighted by molar-refractivity contribution is 0.0520. The molecule has 2 rings (SSSR count). The molecule has 0 atom stereocenters. The Hall–Kier alpha value is -2.86. The molecule has 0 radical (unpaired) electrons. The molecule has 0 unspecified atom stereocenters. The maximum absolute atomic E-state index is 11.7. The highest BCUT2D eigenvalue weighted by Crippen LogP contribution is 2.30. The average Bonchev–Trinajstić information content (AvgIpc) is 3.13. The van der Waals surface area contributed by atoms with Gasteiger partial charge in [-0.1, -0.05) is 5.10 Å². The number of nitrogens with two attached hydrogens (primary N) is 1. The number of hydrogen-bond acceptors (Lipinski definition) is 10. The fourth-order valence-corrected chi connectivity index (χ4v) is 2.57. The topological polar surface area (TPSA) is 156 Å². The molecule has 0 aliphatic rings. The summed E-state index contributed by atoms with van der Waals surface area (Å²) in [5, 5.41) is 9.40. The summed E-state index contributed by atoms with van der Waals surface area (Å²) in [6.45, 7) is 6.23. The number of rotatable bonds is 9. The number of nitrogens with zero attached hydrogens (tertiary/aromatic N) is 2. The van der Waals surface area contributed by atoms with Gasteiger partial charge < -0.3 is 29.7 Å². The molecule has 3 N–H and O–H groups in total. The van der Waals surface area contributed by atoms with Crippen LogP contribution in [-0.2, 0) is 14.6 Å². The predicted molar refractivity (Wildman–Crippen MR) is 107 cm³/mol. The van der Waals surface area contributed by atoms with Gasteiger partial charge in [0.05, 0.1) is 6.54 Å². The Morgan fingerprint density at radius 2 is 1.77 bits per heavy atom. The summed E-state index contributed by atoms with van der Waals surface area (Å²) < 4.78 is 44.7. The number of hydrogen-bond donors (Lipinski definition) is 2. The summed E-state index contributed by atoms with van der Waals surface area (Å²) >= 11 is 0. The van der Waals surface area contributed by atoms with Gasteiger partial charge in [-0.2, -0.15) is 0 Å². The lowest BCUT2D eigenvalue weighted by Crippen LogP contribution is -2.34. The number of nitrogens with one attached hydrogen (secondary N) is 1. The van der Waals surface area contributed by atoms with E-state index in [0.717, 1.165) is 6.26 Å². The van der Waals surface area contributed by atoms with Crippen LogP contribution in [0.3, 0.4) is 0 Å². The largest absolute Gasteiger partial charge is 0.492 e. The van der Waals surface area contributed by atoms with Crippen LogP contribution < -0.4 is 20.5 Å². The Labute approximate surface area is 174 Å². The molecule has 12 heteroatoms. The van der Waals surface area contributed by atoms with Crippen molar-refractivity contribution in [3.8, 4) is 23.0 Å². The van der Waals surface area contributed by atoms with Crippen LogP contribution in [0.1, 0.15) is 20.8 Å². The van der Waals surface area contributed by atoms with Crippen LogP contribution in [0.4, 0.5) is 4.79 Å². The van der Waals surface area contributed by atoms with E-state index in [1.807, 2.05) is 0 Å². The van der Waals surface area contributed by atoms with Gasteiger partial charge in [0.2, 0.25) is 15.7 Å². The number of ether oxygens (including phenoxy) is 3. The fourth-order valence-electron chi connectivity index (χ4n) is 2.15. The monoisotopic (exact) mass is 442 g/mol. The molecule has 0 spiro atoms. The average molecular weight is 442 g/mol. The van der Waals surface area contributed by atoms with E-state index >= 15 is 0 Å². The van der Waals surface area contributed by atoms with Gasteiger partial charge in [0.25, 0.3) is 0 Å². The number of amides is 1. The number of alkyl carbamates (subject to hydrolysis) is 1. The van der Waals surface area contributed by atoms with Crippen molar-refractivity contribution in [2.45, 2.75) is 31.6 Å². The molecular weight excluding hydrogens is 416 g/mol. The quantitative estimate of drug-likeness (QED) is 0.544. The molecule has 1 aromatic carbocycles. The number of carbonyl (C=O) groups is 1. The molecule has 1 amide bonds. The van der Waals surface area contributed by atoms with Gasteiger partial charge >= 0.3 is 11.3 Å². The van der Waals surface area contributed by atoms with E-state index in [4.69, 9.17) is 24.4 Å². The Morgan fingerprint density at radius 3 is 2.30 bits per heavy atom. The van der Waals surface area contributed by atoms with Gasteiger partial charge in [0, 0.05) is 24.4 Å². The van der Waals surface area contributed by atoms with Crippen molar-refractivity contribution in [3.63, 3.8) is 0 Å². The second-order valence-corrected chi connectivity index (χ2v) is 9.15. The van der Waals surface area contributed by atoms with Crippen LogP contribution >= 0.6 is 0 Å². The van der Waals surface area contributed by atoms with Crippen molar-refractivity contribution in [3.05, 3.63) is 18.2 Å². The minimum Gasteiger partial charge on any atom is -0.492 e. The van der Waals surface area contributed by atoms with E-state index in [1.165, 1.54) is 0 Å². The first-order chi connectivity index (χ1) is 14.0. The smallest absolute Gasteiger partial charge is 0.407 e. The summed E-state index contributed by atoms with van der Waals surface area (Å²) in [5.41, 5.74) is 5.28. The summed E-state index contributed by atoms with van der Waals surface area (Å²) in [6, 6.07) is 4.81. The predicted octanol–water partition coefficient (Wildman–Crippen LogP) is 1.38. The summed E-state index contributed by atoms with van der Waals surface area (Å²) in [7, 11) is -3.63. The molecule has 0 fully saturated rings. The van der Waals surface area contributed by atoms with Crippen LogP contribution in [0.2, 0.25) is 0 Å². The van der Waals surface area contributed by atoms with Crippen molar-refractivity contribution in [2.24, 2.45) is 5.73 Å². The first-order valence-corrected chi connectivity index (χ1v) is 11.0. The third-order valence-electron chi connectivity index (χ3n) is 3.28. The maximum atomic E-state index is 11.7.